The van der Waals surface area contributed by atoms with Crippen LogP contribution in [0.2, 0.25) is 0 Å². The Hall–Kier alpha value is -1.20. The molecule has 0 N–H and O–H groups in total. The van der Waals surface area contributed by atoms with Crippen LogP contribution in [-0.2, 0) is 4.74 Å². The zero-order valence-corrected chi connectivity index (χ0v) is 10.8. The van der Waals surface area contributed by atoms with Crippen LogP contribution in [0.1, 0.15) is 10.4 Å². The van der Waals surface area contributed by atoms with Crippen molar-refractivity contribution in [3.63, 3.8) is 0 Å². The zero-order valence-electron chi connectivity index (χ0n) is 9.98. The van der Waals surface area contributed by atoms with Gasteiger partial charge in [-0.1, -0.05) is 0 Å². The molecule has 92 valence electrons. The van der Waals surface area contributed by atoms with Gasteiger partial charge in [-0.25, -0.2) is 0 Å². The van der Waals surface area contributed by atoms with Gasteiger partial charge in [-0.2, -0.15) is 0 Å². The maximum atomic E-state index is 12.0. The Kier molecular flexibility index (Phi) is 3.59. The van der Waals surface area contributed by atoms with E-state index in [0.29, 0.717) is 23.7 Å². The van der Waals surface area contributed by atoms with Crippen LogP contribution in [0.3, 0.4) is 0 Å². The van der Waals surface area contributed by atoms with Crippen LogP contribution in [0.4, 0.5) is 0 Å². The van der Waals surface area contributed by atoms with Gasteiger partial charge in [0.2, 0.25) is 0 Å². The molecule has 0 saturated carbocycles. The van der Waals surface area contributed by atoms with E-state index in [9.17, 15) is 4.79 Å². The van der Waals surface area contributed by atoms with Crippen molar-refractivity contribution in [1.29, 1.82) is 0 Å². The summed E-state index contributed by atoms with van der Waals surface area (Å²) in [6.45, 7) is 0.495. The molecule has 0 radical (unpaired) electrons. The van der Waals surface area contributed by atoms with Crippen LogP contribution < -0.4 is 9.47 Å². The summed E-state index contributed by atoms with van der Waals surface area (Å²) in [5.74, 6) is 1.20. The third-order valence-corrected chi connectivity index (χ3v) is 3.36. The Morgan fingerprint density at radius 3 is 2.47 bits per heavy atom. The molecule has 1 aliphatic rings. The molecule has 1 unspecified atom stereocenters. The van der Waals surface area contributed by atoms with Crippen molar-refractivity contribution < 1.29 is 19.0 Å². The molecule has 1 aromatic rings. The number of hydrogen-bond donors (Lipinski definition) is 0. The van der Waals surface area contributed by atoms with E-state index in [1.165, 1.54) is 0 Å². The molecule has 1 aliphatic heterocycles. The molecule has 0 aromatic heterocycles. The summed E-state index contributed by atoms with van der Waals surface area (Å²) in [7, 11) is 3.14. The van der Waals surface area contributed by atoms with E-state index in [-0.39, 0.29) is 11.9 Å². The number of hydrogen-bond acceptors (Lipinski definition) is 5. The zero-order chi connectivity index (χ0) is 12.4. The van der Waals surface area contributed by atoms with Crippen LogP contribution in [0, 0.1) is 0 Å². The number of carbonyl (C=O) groups excluding carboxylic acids is 1. The van der Waals surface area contributed by atoms with Gasteiger partial charge in [0.05, 0.1) is 31.3 Å². The predicted molar refractivity (Wildman–Crippen MR) is 65.4 cm³/mol. The smallest absolute Gasteiger partial charge is 0.197 e. The van der Waals surface area contributed by atoms with Gasteiger partial charge in [0.1, 0.15) is 17.6 Å². The number of methoxy groups -OCH3 is 2. The number of ether oxygens (including phenoxy) is 3. The number of thioether (sulfide) groups is 1. The second-order valence-electron chi connectivity index (χ2n) is 3.59. The van der Waals surface area contributed by atoms with Crippen molar-refractivity contribution in [2.45, 2.75) is 11.0 Å². The number of ketones is 1. The summed E-state index contributed by atoms with van der Waals surface area (Å²) < 4.78 is 15.5. The molecule has 2 rings (SSSR count). The van der Waals surface area contributed by atoms with Crippen LogP contribution in [0.25, 0.3) is 0 Å². The fourth-order valence-electron chi connectivity index (χ4n) is 1.59. The Balaban J connectivity index is 2.44. The first-order valence-corrected chi connectivity index (χ1v) is 6.39. The molecular weight excluding hydrogens is 240 g/mol. The minimum absolute atomic E-state index is 0.0483. The summed E-state index contributed by atoms with van der Waals surface area (Å²) in [6, 6.07) is 3.54. The highest BCUT2D eigenvalue weighted by Crippen LogP contribution is 2.36. The van der Waals surface area contributed by atoms with Gasteiger partial charge in [-0.15, -0.1) is 11.8 Å². The standard InChI is InChI=1S/C12H14O4S/c1-14-8-5-11(17-3)9(15-2)4-7(8)12(13)10-6-16-10/h4-5,10H,6H2,1-3H3. The molecule has 0 bridgehead atoms. The third kappa shape index (κ3) is 2.40. The predicted octanol–water partition coefficient (Wildman–Crippen LogP) is 2.01. The number of epoxide rings is 1. The summed E-state index contributed by atoms with van der Waals surface area (Å²) in [5.41, 5.74) is 0.518. The normalized spacial score (nSPS) is 17.7. The second kappa shape index (κ2) is 4.98. The summed E-state index contributed by atoms with van der Waals surface area (Å²) in [5, 5.41) is 0. The van der Waals surface area contributed by atoms with E-state index < -0.39 is 0 Å². The Morgan fingerprint density at radius 2 is 2.00 bits per heavy atom. The summed E-state index contributed by atoms with van der Waals surface area (Å²) in [4.78, 5) is 12.9. The monoisotopic (exact) mass is 254 g/mol. The first-order valence-electron chi connectivity index (χ1n) is 5.17. The van der Waals surface area contributed by atoms with Crippen molar-refractivity contribution in [2.24, 2.45) is 0 Å². The topological polar surface area (TPSA) is 48.1 Å². The van der Waals surface area contributed by atoms with Crippen molar-refractivity contribution in [3.05, 3.63) is 17.7 Å². The highest BCUT2D eigenvalue weighted by atomic mass is 32.2. The highest BCUT2D eigenvalue weighted by Gasteiger charge is 2.34. The van der Waals surface area contributed by atoms with Gasteiger partial charge in [-0.05, 0) is 18.4 Å². The summed E-state index contributed by atoms with van der Waals surface area (Å²) in [6.07, 6.45) is 1.64. The molecule has 1 aromatic carbocycles. The van der Waals surface area contributed by atoms with E-state index in [1.54, 1.807) is 32.0 Å². The molecule has 1 atom stereocenters. The minimum atomic E-state index is -0.311. The number of carbonyl (C=O) groups is 1. The lowest BCUT2D eigenvalue weighted by Gasteiger charge is -2.12. The van der Waals surface area contributed by atoms with E-state index in [1.807, 2.05) is 12.3 Å². The lowest BCUT2D eigenvalue weighted by molar-refractivity contribution is 0.0950. The SMILES string of the molecule is COc1cc(C(=O)C2CO2)c(OC)cc1SC. The largest absolute Gasteiger partial charge is 0.496 e. The van der Waals surface area contributed by atoms with Gasteiger partial charge in [0.25, 0.3) is 0 Å². The fourth-order valence-corrected chi connectivity index (χ4v) is 2.16. The van der Waals surface area contributed by atoms with Crippen LogP contribution in [0.15, 0.2) is 17.0 Å². The van der Waals surface area contributed by atoms with E-state index in [4.69, 9.17) is 14.2 Å². The number of benzene rings is 1. The number of rotatable bonds is 5. The average molecular weight is 254 g/mol. The highest BCUT2D eigenvalue weighted by molar-refractivity contribution is 7.98. The van der Waals surface area contributed by atoms with Gasteiger partial charge in [-0.3, -0.25) is 4.79 Å². The maximum absolute atomic E-state index is 12.0. The van der Waals surface area contributed by atoms with Crippen molar-refractivity contribution in [3.8, 4) is 11.5 Å². The third-order valence-electron chi connectivity index (χ3n) is 2.60. The quantitative estimate of drug-likeness (QED) is 0.457. The molecule has 0 spiro atoms. The molecule has 1 saturated heterocycles. The van der Waals surface area contributed by atoms with Gasteiger partial charge < -0.3 is 14.2 Å². The lowest BCUT2D eigenvalue weighted by Crippen LogP contribution is -2.09. The first-order chi connectivity index (χ1) is 8.21. The molecule has 4 nitrogen and oxygen atoms in total. The van der Waals surface area contributed by atoms with Crippen molar-refractivity contribution in [2.75, 3.05) is 27.1 Å². The van der Waals surface area contributed by atoms with E-state index in [0.717, 1.165) is 4.90 Å². The molecule has 1 heterocycles. The molecule has 5 heteroatoms. The van der Waals surface area contributed by atoms with Gasteiger partial charge in [0.15, 0.2) is 5.78 Å². The molecule has 0 aliphatic carbocycles. The van der Waals surface area contributed by atoms with Crippen molar-refractivity contribution >= 4 is 17.5 Å². The Bertz CT molecular complexity index is 440. The first kappa shape index (κ1) is 12.3. The average Bonchev–Trinajstić information content (AvgIpc) is 3.20. The van der Waals surface area contributed by atoms with Gasteiger partial charge in [0, 0.05) is 0 Å². The minimum Gasteiger partial charge on any atom is -0.496 e. The van der Waals surface area contributed by atoms with Crippen LogP contribution >= 0.6 is 11.8 Å². The second-order valence-corrected chi connectivity index (χ2v) is 4.44. The molecular formula is C12H14O4S. The maximum Gasteiger partial charge on any atom is 0.197 e. The molecule has 17 heavy (non-hydrogen) atoms. The van der Waals surface area contributed by atoms with E-state index in [2.05, 4.69) is 0 Å². The Labute approximate surface area is 104 Å². The Morgan fingerprint density at radius 1 is 1.35 bits per heavy atom. The summed E-state index contributed by atoms with van der Waals surface area (Å²) >= 11 is 1.55. The van der Waals surface area contributed by atoms with E-state index >= 15 is 0 Å². The number of Topliss-reactive ketones (excluding diaryl/α,β-unsaturated/α-hetero) is 1. The molecule has 1 fully saturated rings. The molecule has 0 amide bonds. The van der Waals surface area contributed by atoms with Gasteiger partial charge >= 0.3 is 0 Å². The van der Waals surface area contributed by atoms with Crippen LogP contribution in [-0.4, -0.2) is 39.0 Å². The lowest BCUT2D eigenvalue weighted by atomic mass is 10.1. The van der Waals surface area contributed by atoms with Crippen LogP contribution in [0.5, 0.6) is 11.5 Å². The van der Waals surface area contributed by atoms with Crippen molar-refractivity contribution in [1.82, 2.24) is 0 Å². The fraction of sp³-hybridized carbons (Fsp3) is 0.417.